The van der Waals surface area contributed by atoms with Crippen LogP contribution in [0.3, 0.4) is 0 Å². The van der Waals surface area contributed by atoms with E-state index in [1.165, 1.54) is 6.92 Å². The lowest BCUT2D eigenvalue weighted by Gasteiger charge is -2.24. The molecule has 0 aliphatic carbocycles. The summed E-state index contributed by atoms with van der Waals surface area (Å²) < 4.78 is 0. The summed E-state index contributed by atoms with van der Waals surface area (Å²) in [5, 5.41) is 3.40. The van der Waals surface area contributed by atoms with Crippen LogP contribution in [0, 0.1) is 6.92 Å². The summed E-state index contributed by atoms with van der Waals surface area (Å²) in [5.41, 5.74) is 1.64. The summed E-state index contributed by atoms with van der Waals surface area (Å²) in [4.78, 5) is 24.9. The molecule has 0 unspecified atom stereocenters. The molecule has 0 aliphatic heterocycles. The first-order chi connectivity index (χ1) is 9.31. The predicted octanol–water partition coefficient (Wildman–Crippen LogP) is 3.23. The summed E-state index contributed by atoms with van der Waals surface area (Å²) in [7, 11) is 0. The molecule has 0 heterocycles. The third-order valence-corrected chi connectivity index (χ3v) is 3.47. The molecule has 20 heavy (non-hydrogen) atoms. The van der Waals surface area contributed by atoms with Crippen molar-refractivity contribution >= 4 is 29.1 Å². The van der Waals surface area contributed by atoms with Crippen molar-refractivity contribution in [2.45, 2.75) is 40.2 Å². The van der Waals surface area contributed by atoms with Crippen LogP contribution in [0.1, 0.15) is 32.8 Å². The number of benzene rings is 1. The van der Waals surface area contributed by atoms with E-state index in [1.54, 1.807) is 11.0 Å². The molecule has 0 saturated carbocycles. The molecule has 1 rings (SSSR count). The molecule has 1 aromatic carbocycles. The van der Waals surface area contributed by atoms with Gasteiger partial charge in [0.25, 0.3) is 0 Å². The standard InChI is InChI=1S/C15H21ClN2O2/c1-10(2)18(12(4)19)8-7-15(20)17-13-6-5-11(3)14(16)9-13/h5-6,9-10H,7-8H2,1-4H3,(H,17,20). The highest BCUT2D eigenvalue weighted by molar-refractivity contribution is 6.31. The zero-order chi connectivity index (χ0) is 15.3. The minimum Gasteiger partial charge on any atom is -0.340 e. The Morgan fingerprint density at radius 1 is 1.35 bits per heavy atom. The van der Waals surface area contributed by atoms with Crippen molar-refractivity contribution in [2.75, 3.05) is 11.9 Å². The fourth-order valence-electron chi connectivity index (χ4n) is 1.90. The molecule has 0 fully saturated rings. The number of nitrogens with zero attached hydrogens (tertiary/aromatic N) is 1. The number of halogens is 1. The van der Waals surface area contributed by atoms with Gasteiger partial charge in [-0.2, -0.15) is 0 Å². The molecular formula is C15H21ClN2O2. The average molecular weight is 297 g/mol. The van der Waals surface area contributed by atoms with E-state index in [0.29, 0.717) is 17.3 Å². The molecule has 0 aromatic heterocycles. The monoisotopic (exact) mass is 296 g/mol. The fraction of sp³-hybridized carbons (Fsp3) is 0.467. The number of anilines is 1. The van der Waals surface area contributed by atoms with Gasteiger partial charge in [-0.05, 0) is 38.5 Å². The van der Waals surface area contributed by atoms with Gasteiger partial charge in [-0.1, -0.05) is 17.7 Å². The number of carbonyl (C=O) groups excluding carboxylic acids is 2. The zero-order valence-electron chi connectivity index (χ0n) is 12.4. The van der Waals surface area contributed by atoms with Crippen LogP contribution in [-0.2, 0) is 9.59 Å². The Labute approximate surface area is 125 Å². The minimum atomic E-state index is -0.128. The molecule has 0 aliphatic rings. The largest absolute Gasteiger partial charge is 0.340 e. The quantitative estimate of drug-likeness (QED) is 0.907. The van der Waals surface area contributed by atoms with E-state index in [4.69, 9.17) is 11.6 Å². The van der Waals surface area contributed by atoms with Crippen LogP contribution >= 0.6 is 11.6 Å². The highest BCUT2D eigenvalue weighted by Crippen LogP contribution is 2.20. The van der Waals surface area contributed by atoms with Crippen molar-refractivity contribution in [3.8, 4) is 0 Å². The first kappa shape index (κ1) is 16.5. The first-order valence-electron chi connectivity index (χ1n) is 6.64. The molecule has 0 bridgehead atoms. The Balaban J connectivity index is 2.55. The van der Waals surface area contributed by atoms with Crippen molar-refractivity contribution in [1.82, 2.24) is 4.90 Å². The third kappa shape index (κ3) is 4.85. The highest BCUT2D eigenvalue weighted by Gasteiger charge is 2.14. The van der Waals surface area contributed by atoms with Gasteiger partial charge in [0.2, 0.25) is 11.8 Å². The summed E-state index contributed by atoms with van der Waals surface area (Å²) in [6, 6.07) is 5.48. The van der Waals surface area contributed by atoms with Crippen LogP contribution in [0.4, 0.5) is 5.69 Å². The normalized spacial score (nSPS) is 10.5. The van der Waals surface area contributed by atoms with Gasteiger partial charge in [-0.3, -0.25) is 9.59 Å². The minimum absolute atomic E-state index is 0.0221. The summed E-state index contributed by atoms with van der Waals surface area (Å²) in [6.07, 6.45) is 0.267. The van der Waals surface area contributed by atoms with E-state index < -0.39 is 0 Å². The van der Waals surface area contributed by atoms with Gasteiger partial charge in [0.15, 0.2) is 0 Å². The molecule has 1 aromatic rings. The van der Waals surface area contributed by atoms with E-state index in [-0.39, 0.29) is 24.3 Å². The van der Waals surface area contributed by atoms with E-state index in [2.05, 4.69) is 5.32 Å². The third-order valence-electron chi connectivity index (χ3n) is 3.06. The number of aryl methyl sites for hydroxylation is 1. The Bertz CT molecular complexity index is 501. The second-order valence-corrected chi connectivity index (χ2v) is 5.48. The van der Waals surface area contributed by atoms with Gasteiger partial charge in [0.05, 0.1) is 0 Å². The topological polar surface area (TPSA) is 49.4 Å². The molecule has 4 nitrogen and oxygen atoms in total. The molecule has 5 heteroatoms. The SMILES string of the molecule is CC(=O)N(CCC(=O)Nc1ccc(C)c(Cl)c1)C(C)C. The fourth-order valence-corrected chi connectivity index (χ4v) is 2.08. The number of amides is 2. The van der Waals surface area contributed by atoms with Gasteiger partial charge in [-0.25, -0.2) is 0 Å². The zero-order valence-corrected chi connectivity index (χ0v) is 13.1. The number of rotatable bonds is 5. The van der Waals surface area contributed by atoms with Crippen LogP contribution in [0.25, 0.3) is 0 Å². The number of hydrogen-bond donors (Lipinski definition) is 1. The molecule has 0 atom stereocenters. The summed E-state index contributed by atoms with van der Waals surface area (Å²) in [5.74, 6) is -0.150. The van der Waals surface area contributed by atoms with E-state index in [0.717, 1.165) is 5.56 Å². The van der Waals surface area contributed by atoms with Gasteiger partial charge in [0.1, 0.15) is 0 Å². The number of carbonyl (C=O) groups is 2. The van der Waals surface area contributed by atoms with Crippen molar-refractivity contribution < 1.29 is 9.59 Å². The van der Waals surface area contributed by atoms with Crippen LogP contribution in [0.15, 0.2) is 18.2 Å². The van der Waals surface area contributed by atoms with Crippen molar-refractivity contribution in [1.29, 1.82) is 0 Å². The van der Waals surface area contributed by atoms with Crippen LogP contribution in [0.5, 0.6) is 0 Å². The number of hydrogen-bond acceptors (Lipinski definition) is 2. The van der Waals surface area contributed by atoms with Crippen LogP contribution in [0.2, 0.25) is 5.02 Å². The molecule has 1 N–H and O–H groups in total. The maximum atomic E-state index is 11.9. The lowest BCUT2D eigenvalue weighted by Crippen LogP contribution is -2.37. The lowest BCUT2D eigenvalue weighted by molar-refractivity contribution is -0.130. The Hall–Kier alpha value is -1.55. The maximum absolute atomic E-state index is 11.9. The van der Waals surface area contributed by atoms with Crippen LogP contribution in [-0.4, -0.2) is 29.3 Å². The van der Waals surface area contributed by atoms with Crippen molar-refractivity contribution in [3.63, 3.8) is 0 Å². The van der Waals surface area contributed by atoms with E-state index >= 15 is 0 Å². The highest BCUT2D eigenvalue weighted by atomic mass is 35.5. The Morgan fingerprint density at radius 2 is 2.00 bits per heavy atom. The number of nitrogens with one attached hydrogen (secondary N) is 1. The van der Waals surface area contributed by atoms with Gasteiger partial charge < -0.3 is 10.2 Å². The summed E-state index contributed by atoms with van der Waals surface area (Å²) in [6.45, 7) is 7.69. The van der Waals surface area contributed by atoms with E-state index in [1.807, 2.05) is 32.9 Å². The van der Waals surface area contributed by atoms with Crippen molar-refractivity contribution in [3.05, 3.63) is 28.8 Å². The molecule has 110 valence electrons. The van der Waals surface area contributed by atoms with Gasteiger partial charge in [0, 0.05) is 36.6 Å². The molecule has 0 spiro atoms. The second kappa shape index (κ2) is 7.29. The molecule has 0 radical (unpaired) electrons. The summed E-state index contributed by atoms with van der Waals surface area (Å²) >= 11 is 6.00. The predicted molar refractivity (Wildman–Crippen MR) is 82.0 cm³/mol. The lowest BCUT2D eigenvalue weighted by atomic mass is 10.2. The van der Waals surface area contributed by atoms with Gasteiger partial charge in [-0.15, -0.1) is 0 Å². The van der Waals surface area contributed by atoms with E-state index in [9.17, 15) is 9.59 Å². The second-order valence-electron chi connectivity index (χ2n) is 5.07. The smallest absolute Gasteiger partial charge is 0.226 e. The molecule has 2 amide bonds. The van der Waals surface area contributed by atoms with Crippen molar-refractivity contribution in [2.24, 2.45) is 0 Å². The molecule has 0 saturated heterocycles. The Kier molecular flexibility index (Phi) is 6.02. The first-order valence-corrected chi connectivity index (χ1v) is 7.02. The maximum Gasteiger partial charge on any atom is 0.226 e. The average Bonchev–Trinajstić information content (AvgIpc) is 2.33. The Morgan fingerprint density at radius 3 is 2.50 bits per heavy atom. The van der Waals surface area contributed by atoms with Gasteiger partial charge >= 0.3 is 0 Å². The van der Waals surface area contributed by atoms with Crippen LogP contribution < -0.4 is 5.32 Å². The molecular weight excluding hydrogens is 276 g/mol.